The van der Waals surface area contributed by atoms with Gasteiger partial charge in [0.15, 0.2) is 0 Å². The third kappa shape index (κ3) is 4.88. The van der Waals surface area contributed by atoms with Gasteiger partial charge in [-0.3, -0.25) is 4.79 Å². The van der Waals surface area contributed by atoms with Gasteiger partial charge in [-0.25, -0.2) is 8.42 Å². The Labute approximate surface area is 166 Å². The fourth-order valence-electron chi connectivity index (χ4n) is 2.71. The second kappa shape index (κ2) is 8.56. The standard InChI is InChI=1S/C18H19BrN2O3S2/c19-14-5-3-7-16(11-14)25-13-18(22)20-15-6-4-8-17(12-15)26(23,24)21-9-1-2-10-21/h3-8,11-12H,1-2,9-10,13H2,(H,20,22). The molecule has 1 heterocycles. The first-order chi connectivity index (χ1) is 12.4. The molecule has 2 aromatic carbocycles. The molecule has 1 fully saturated rings. The van der Waals surface area contributed by atoms with E-state index in [4.69, 9.17) is 0 Å². The summed E-state index contributed by atoms with van der Waals surface area (Å²) in [6, 6.07) is 14.2. The summed E-state index contributed by atoms with van der Waals surface area (Å²) >= 11 is 4.83. The van der Waals surface area contributed by atoms with E-state index in [1.807, 2.05) is 24.3 Å². The minimum atomic E-state index is -3.49. The molecule has 0 atom stereocenters. The van der Waals surface area contributed by atoms with Gasteiger partial charge < -0.3 is 5.32 Å². The SMILES string of the molecule is O=C(CSc1cccc(Br)c1)Nc1cccc(S(=O)(=O)N2CCCC2)c1. The number of rotatable bonds is 6. The third-order valence-electron chi connectivity index (χ3n) is 3.99. The summed E-state index contributed by atoms with van der Waals surface area (Å²) in [6.45, 7) is 1.12. The summed E-state index contributed by atoms with van der Waals surface area (Å²) < 4.78 is 27.7. The number of carbonyl (C=O) groups excluding carboxylic acids is 1. The van der Waals surface area contributed by atoms with Crippen LogP contribution in [0, 0.1) is 0 Å². The molecule has 3 rings (SSSR count). The van der Waals surface area contributed by atoms with Gasteiger partial charge in [0, 0.05) is 28.1 Å². The molecule has 0 saturated carbocycles. The van der Waals surface area contributed by atoms with Crippen molar-refractivity contribution >= 4 is 49.3 Å². The number of hydrogen-bond acceptors (Lipinski definition) is 4. The number of nitrogens with one attached hydrogen (secondary N) is 1. The van der Waals surface area contributed by atoms with Crippen LogP contribution >= 0.6 is 27.7 Å². The zero-order chi connectivity index (χ0) is 18.6. The van der Waals surface area contributed by atoms with E-state index < -0.39 is 10.0 Å². The first-order valence-corrected chi connectivity index (χ1v) is 11.5. The van der Waals surface area contributed by atoms with E-state index in [-0.39, 0.29) is 16.6 Å². The van der Waals surface area contributed by atoms with Crippen molar-refractivity contribution in [3.63, 3.8) is 0 Å². The molecule has 1 amide bonds. The highest BCUT2D eigenvalue weighted by atomic mass is 79.9. The quantitative estimate of drug-likeness (QED) is 0.670. The van der Waals surface area contributed by atoms with Crippen LogP contribution in [-0.4, -0.2) is 37.5 Å². The highest BCUT2D eigenvalue weighted by Crippen LogP contribution is 2.24. The van der Waals surface area contributed by atoms with E-state index in [9.17, 15) is 13.2 Å². The number of halogens is 1. The van der Waals surface area contributed by atoms with Crippen molar-refractivity contribution in [2.75, 3.05) is 24.2 Å². The molecule has 0 radical (unpaired) electrons. The van der Waals surface area contributed by atoms with Crippen LogP contribution in [0.1, 0.15) is 12.8 Å². The van der Waals surface area contributed by atoms with Gasteiger partial charge in [-0.05, 0) is 49.2 Å². The molecule has 0 unspecified atom stereocenters. The Bertz CT molecular complexity index is 897. The van der Waals surface area contributed by atoms with Gasteiger partial charge in [0.1, 0.15) is 0 Å². The van der Waals surface area contributed by atoms with Crippen molar-refractivity contribution in [1.29, 1.82) is 0 Å². The van der Waals surface area contributed by atoms with Crippen molar-refractivity contribution in [2.24, 2.45) is 0 Å². The molecule has 0 aromatic heterocycles. The summed E-state index contributed by atoms with van der Waals surface area (Å²) in [6.07, 6.45) is 1.78. The number of thioether (sulfide) groups is 1. The predicted octanol–water partition coefficient (Wildman–Crippen LogP) is 3.96. The smallest absolute Gasteiger partial charge is 0.243 e. The lowest BCUT2D eigenvalue weighted by Gasteiger charge is -2.16. The Morgan fingerprint density at radius 2 is 1.85 bits per heavy atom. The first kappa shape index (κ1) is 19.4. The van der Waals surface area contributed by atoms with Crippen LogP contribution in [-0.2, 0) is 14.8 Å². The van der Waals surface area contributed by atoms with Gasteiger partial charge in [0.2, 0.25) is 15.9 Å². The van der Waals surface area contributed by atoms with Gasteiger partial charge >= 0.3 is 0 Å². The second-order valence-corrected chi connectivity index (χ2v) is 9.84. The van der Waals surface area contributed by atoms with E-state index in [1.54, 1.807) is 18.2 Å². The lowest BCUT2D eigenvalue weighted by molar-refractivity contribution is -0.113. The molecular weight excluding hydrogens is 436 g/mol. The molecule has 5 nitrogen and oxygen atoms in total. The van der Waals surface area contributed by atoms with Crippen molar-refractivity contribution in [2.45, 2.75) is 22.6 Å². The lowest BCUT2D eigenvalue weighted by Crippen LogP contribution is -2.28. The Morgan fingerprint density at radius 1 is 1.12 bits per heavy atom. The van der Waals surface area contributed by atoms with Crippen molar-refractivity contribution in [3.05, 3.63) is 53.0 Å². The number of nitrogens with zero attached hydrogens (tertiary/aromatic N) is 1. The van der Waals surface area contributed by atoms with E-state index in [1.165, 1.54) is 22.1 Å². The number of amides is 1. The van der Waals surface area contributed by atoms with Gasteiger partial charge in [0.25, 0.3) is 0 Å². The Hall–Kier alpha value is -1.35. The maximum Gasteiger partial charge on any atom is 0.243 e. The average Bonchev–Trinajstić information content (AvgIpc) is 3.16. The summed E-state index contributed by atoms with van der Waals surface area (Å²) in [7, 11) is -3.49. The molecule has 0 aliphatic carbocycles. The maximum atomic E-state index is 12.6. The Kier molecular flexibility index (Phi) is 6.39. The molecule has 26 heavy (non-hydrogen) atoms. The van der Waals surface area contributed by atoms with Crippen LogP contribution in [0.2, 0.25) is 0 Å². The molecule has 1 saturated heterocycles. The van der Waals surface area contributed by atoms with Gasteiger partial charge in [0.05, 0.1) is 10.6 Å². The van der Waals surface area contributed by atoms with Crippen molar-refractivity contribution in [3.8, 4) is 0 Å². The van der Waals surface area contributed by atoms with Crippen molar-refractivity contribution < 1.29 is 13.2 Å². The van der Waals surface area contributed by atoms with Crippen molar-refractivity contribution in [1.82, 2.24) is 4.31 Å². The molecule has 1 aliphatic heterocycles. The largest absolute Gasteiger partial charge is 0.325 e. The number of anilines is 1. The zero-order valence-corrected chi connectivity index (χ0v) is 17.2. The number of carbonyl (C=O) groups is 1. The average molecular weight is 455 g/mol. The van der Waals surface area contributed by atoms with Gasteiger partial charge in [-0.15, -0.1) is 11.8 Å². The maximum absolute atomic E-state index is 12.6. The highest BCUT2D eigenvalue weighted by Gasteiger charge is 2.27. The minimum absolute atomic E-state index is 0.175. The van der Waals surface area contributed by atoms with E-state index in [0.29, 0.717) is 18.8 Å². The van der Waals surface area contributed by atoms with Crippen LogP contribution < -0.4 is 5.32 Å². The Balaban J connectivity index is 1.64. The van der Waals surface area contributed by atoms with E-state index >= 15 is 0 Å². The topological polar surface area (TPSA) is 66.5 Å². The zero-order valence-electron chi connectivity index (χ0n) is 14.0. The molecule has 0 bridgehead atoms. The fraction of sp³-hybridized carbons (Fsp3) is 0.278. The molecule has 1 N–H and O–H groups in total. The monoisotopic (exact) mass is 454 g/mol. The highest BCUT2D eigenvalue weighted by molar-refractivity contribution is 9.10. The normalized spacial score (nSPS) is 15.1. The molecular formula is C18H19BrN2O3S2. The number of benzene rings is 2. The van der Waals surface area contributed by atoms with Gasteiger partial charge in [-0.1, -0.05) is 28.1 Å². The fourth-order valence-corrected chi connectivity index (χ4v) is 5.58. The summed E-state index contributed by atoms with van der Waals surface area (Å²) in [5.74, 6) is 0.0743. The van der Waals surface area contributed by atoms with E-state index in [2.05, 4.69) is 21.2 Å². The molecule has 138 valence electrons. The second-order valence-electron chi connectivity index (χ2n) is 5.93. The van der Waals surface area contributed by atoms with E-state index in [0.717, 1.165) is 22.2 Å². The molecule has 2 aromatic rings. The summed E-state index contributed by atoms with van der Waals surface area (Å²) in [5.41, 5.74) is 0.491. The first-order valence-electron chi connectivity index (χ1n) is 8.23. The summed E-state index contributed by atoms with van der Waals surface area (Å²) in [4.78, 5) is 13.4. The number of sulfonamides is 1. The summed E-state index contributed by atoms with van der Waals surface area (Å²) in [5, 5.41) is 2.78. The van der Waals surface area contributed by atoms with Crippen LogP contribution in [0.4, 0.5) is 5.69 Å². The predicted molar refractivity (Wildman–Crippen MR) is 108 cm³/mol. The third-order valence-corrected chi connectivity index (χ3v) is 7.37. The molecule has 1 aliphatic rings. The van der Waals surface area contributed by atoms with Crippen LogP contribution in [0.5, 0.6) is 0 Å². The lowest BCUT2D eigenvalue weighted by atomic mass is 10.3. The molecule has 0 spiro atoms. The minimum Gasteiger partial charge on any atom is -0.325 e. The van der Waals surface area contributed by atoms with Crippen LogP contribution in [0.25, 0.3) is 0 Å². The van der Waals surface area contributed by atoms with Crippen LogP contribution in [0.15, 0.2) is 62.8 Å². The van der Waals surface area contributed by atoms with Crippen LogP contribution in [0.3, 0.4) is 0 Å². The van der Waals surface area contributed by atoms with Gasteiger partial charge in [-0.2, -0.15) is 4.31 Å². The Morgan fingerprint density at radius 3 is 2.58 bits per heavy atom. The number of hydrogen-bond donors (Lipinski definition) is 1. The molecule has 8 heteroatoms.